The van der Waals surface area contributed by atoms with Crippen LogP contribution in [0.2, 0.25) is 0 Å². The number of alkyl halides is 3. The number of nitrogens with one attached hydrogen (secondary N) is 1. The number of morpholine rings is 1. The SMILES string of the molecule is Cc1cc(NC(=O)c2csc(-c3ccc(C(F)(F)F)cc3)n2)cnc1C1=CCC(N2CCOCC2)CC1. The molecule has 1 fully saturated rings. The van der Waals surface area contributed by atoms with E-state index in [2.05, 4.69) is 26.3 Å². The molecule has 1 amide bonds. The third-order valence-corrected chi connectivity index (χ3v) is 7.67. The van der Waals surface area contributed by atoms with Gasteiger partial charge in [-0.25, -0.2) is 4.98 Å². The number of rotatable bonds is 5. The van der Waals surface area contributed by atoms with Crippen LogP contribution in [0.15, 0.2) is 48.0 Å². The summed E-state index contributed by atoms with van der Waals surface area (Å²) in [6, 6.07) is 7.19. The number of carbonyl (C=O) groups is 1. The van der Waals surface area contributed by atoms with Crippen LogP contribution in [0.25, 0.3) is 16.1 Å². The first-order valence-corrected chi connectivity index (χ1v) is 13.1. The number of ether oxygens (including phenoxy) is 1. The fourth-order valence-electron chi connectivity index (χ4n) is 4.80. The minimum atomic E-state index is -4.40. The molecule has 0 bridgehead atoms. The predicted octanol–water partition coefficient (Wildman–Crippen LogP) is 6.05. The number of pyridine rings is 1. The Morgan fingerprint density at radius 3 is 2.59 bits per heavy atom. The van der Waals surface area contributed by atoms with Gasteiger partial charge in [-0.1, -0.05) is 18.2 Å². The van der Waals surface area contributed by atoms with Gasteiger partial charge in [0.05, 0.1) is 36.4 Å². The number of allylic oxidation sites excluding steroid dienone is 1. The molecule has 0 spiro atoms. The average Bonchev–Trinajstić information content (AvgIpc) is 3.40. The smallest absolute Gasteiger partial charge is 0.379 e. The topological polar surface area (TPSA) is 67.4 Å². The number of amides is 1. The third kappa shape index (κ3) is 5.92. The molecule has 1 unspecified atom stereocenters. The van der Waals surface area contributed by atoms with E-state index in [9.17, 15) is 18.0 Å². The van der Waals surface area contributed by atoms with Gasteiger partial charge in [-0.15, -0.1) is 11.3 Å². The summed E-state index contributed by atoms with van der Waals surface area (Å²) in [5.41, 5.74) is 3.74. The highest BCUT2D eigenvalue weighted by molar-refractivity contribution is 7.13. The maximum Gasteiger partial charge on any atom is 0.416 e. The van der Waals surface area contributed by atoms with Crippen molar-refractivity contribution in [3.8, 4) is 10.6 Å². The zero-order valence-corrected chi connectivity index (χ0v) is 21.2. The van der Waals surface area contributed by atoms with Gasteiger partial charge < -0.3 is 10.1 Å². The van der Waals surface area contributed by atoms with E-state index >= 15 is 0 Å². The van der Waals surface area contributed by atoms with Crippen LogP contribution >= 0.6 is 11.3 Å². The molecule has 6 nitrogen and oxygen atoms in total. The summed E-state index contributed by atoms with van der Waals surface area (Å²) in [7, 11) is 0. The molecule has 1 aliphatic carbocycles. The average molecular weight is 529 g/mol. The summed E-state index contributed by atoms with van der Waals surface area (Å²) in [6.45, 7) is 5.57. The Morgan fingerprint density at radius 2 is 1.95 bits per heavy atom. The summed E-state index contributed by atoms with van der Waals surface area (Å²) >= 11 is 1.20. The summed E-state index contributed by atoms with van der Waals surface area (Å²) in [4.78, 5) is 24.2. The van der Waals surface area contributed by atoms with E-state index in [4.69, 9.17) is 4.74 Å². The van der Waals surface area contributed by atoms with Crippen LogP contribution in [-0.2, 0) is 10.9 Å². The molecule has 3 aromatic rings. The zero-order chi connectivity index (χ0) is 26.0. The first kappa shape index (κ1) is 25.6. The maximum atomic E-state index is 12.8. The van der Waals surface area contributed by atoms with Crippen molar-refractivity contribution in [2.75, 3.05) is 31.6 Å². The van der Waals surface area contributed by atoms with Crippen LogP contribution in [0.3, 0.4) is 0 Å². The first-order chi connectivity index (χ1) is 17.8. The molecule has 0 radical (unpaired) electrons. The van der Waals surface area contributed by atoms with E-state index in [0.717, 1.165) is 69.0 Å². The molecule has 2 aromatic heterocycles. The standard InChI is InChI=1S/C27H27F3N4O2S/c1-17-14-21(15-31-24(17)18-4-8-22(9-5-18)34-10-12-36-13-11-34)32-25(35)23-16-37-26(33-23)19-2-6-20(7-3-19)27(28,29)30/h2-4,6-7,14-16,22H,5,8-13H2,1H3,(H,32,35). The minimum Gasteiger partial charge on any atom is -0.379 e. The Balaban J connectivity index is 1.22. The lowest BCUT2D eigenvalue weighted by Crippen LogP contribution is -2.43. The summed E-state index contributed by atoms with van der Waals surface area (Å²) < 4.78 is 43.9. The van der Waals surface area contributed by atoms with Gasteiger partial charge in [-0.2, -0.15) is 13.2 Å². The minimum absolute atomic E-state index is 0.200. The second-order valence-electron chi connectivity index (χ2n) is 9.26. The second-order valence-corrected chi connectivity index (χ2v) is 10.1. The lowest BCUT2D eigenvalue weighted by atomic mass is 9.90. The van der Waals surface area contributed by atoms with Crippen molar-refractivity contribution in [1.29, 1.82) is 0 Å². The van der Waals surface area contributed by atoms with Crippen LogP contribution in [0, 0.1) is 6.92 Å². The van der Waals surface area contributed by atoms with E-state index in [-0.39, 0.29) is 5.69 Å². The Kier molecular flexibility index (Phi) is 7.41. The molecule has 1 atom stereocenters. The first-order valence-electron chi connectivity index (χ1n) is 12.2. The van der Waals surface area contributed by atoms with Crippen molar-refractivity contribution >= 4 is 28.5 Å². The fourth-order valence-corrected chi connectivity index (χ4v) is 5.60. The van der Waals surface area contributed by atoms with Crippen molar-refractivity contribution < 1.29 is 22.7 Å². The molecule has 37 heavy (non-hydrogen) atoms. The van der Waals surface area contributed by atoms with Gasteiger partial charge in [-0.05, 0) is 55.5 Å². The molecule has 5 rings (SSSR count). The lowest BCUT2D eigenvalue weighted by molar-refractivity contribution is -0.137. The van der Waals surface area contributed by atoms with E-state index in [1.54, 1.807) is 11.6 Å². The molecule has 1 N–H and O–H groups in total. The molecule has 194 valence electrons. The summed E-state index contributed by atoms with van der Waals surface area (Å²) in [5.74, 6) is -0.395. The van der Waals surface area contributed by atoms with Gasteiger partial charge >= 0.3 is 6.18 Å². The number of halogens is 3. The van der Waals surface area contributed by atoms with E-state index in [1.165, 1.54) is 29.0 Å². The Bertz CT molecular complexity index is 1300. The predicted molar refractivity (Wildman–Crippen MR) is 137 cm³/mol. The van der Waals surface area contributed by atoms with Crippen molar-refractivity contribution in [2.45, 2.75) is 38.4 Å². The largest absolute Gasteiger partial charge is 0.416 e. The highest BCUT2D eigenvalue weighted by atomic mass is 32.1. The third-order valence-electron chi connectivity index (χ3n) is 6.78. The quantitative estimate of drug-likeness (QED) is 0.437. The Hall–Kier alpha value is -3.08. The molecule has 1 saturated heterocycles. The second kappa shape index (κ2) is 10.7. The van der Waals surface area contributed by atoms with Gasteiger partial charge in [0.25, 0.3) is 5.91 Å². The number of thiazole rings is 1. The normalized spacial score (nSPS) is 18.9. The van der Waals surface area contributed by atoms with Gasteiger partial charge in [-0.3, -0.25) is 14.7 Å². The maximum absolute atomic E-state index is 12.8. The van der Waals surface area contributed by atoms with Crippen LogP contribution < -0.4 is 5.32 Å². The number of aryl methyl sites for hydroxylation is 1. The van der Waals surface area contributed by atoms with Gasteiger partial charge in [0.15, 0.2) is 0 Å². The van der Waals surface area contributed by atoms with E-state index in [1.807, 2.05) is 13.0 Å². The molecule has 10 heteroatoms. The monoisotopic (exact) mass is 528 g/mol. The highest BCUT2D eigenvalue weighted by Gasteiger charge is 2.30. The van der Waals surface area contributed by atoms with Crippen molar-refractivity contribution in [3.05, 3.63) is 70.5 Å². The van der Waals surface area contributed by atoms with Gasteiger partial charge in [0.1, 0.15) is 10.7 Å². The van der Waals surface area contributed by atoms with Crippen LogP contribution in [0.5, 0.6) is 0 Å². The number of nitrogens with zero attached hydrogens (tertiary/aromatic N) is 3. The number of aromatic nitrogens is 2. The molecular formula is C27H27F3N4O2S. The van der Waals surface area contributed by atoms with Gasteiger partial charge in [0, 0.05) is 30.1 Å². The molecule has 1 aliphatic heterocycles. The molecular weight excluding hydrogens is 501 g/mol. The number of hydrogen-bond donors (Lipinski definition) is 1. The Labute approximate surface area is 217 Å². The number of hydrogen-bond acceptors (Lipinski definition) is 6. The van der Waals surface area contributed by atoms with Crippen molar-refractivity contribution in [3.63, 3.8) is 0 Å². The van der Waals surface area contributed by atoms with Crippen LogP contribution in [0.4, 0.5) is 18.9 Å². The number of carbonyl (C=O) groups excluding carboxylic acids is 1. The van der Waals surface area contributed by atoms with Crippen LogP contribution in [0.1, 0.15) is 46.6 Å². The van der Waals surface area contributed by atoms with E-state index < -0.39 is 17.6 Å². The molecule has 2 aliphatic rings. The van der Waals surface area contributed by atoms with Crippen LogP contribution in [-0.4, -0.2) is 53.1 Å². The number of anilines is 1. The van der Waals surface area contributed by atoms with Gasteiger partial charge in [0.2, 0.25) is 0 Å². The molecule has 1 aromatic carbocycles. The zero-order valence-electron chi connectivity index (χ0n) is 20.3. The fraction of sp³-hybridized carbons (Fsp3) is 0.370. The van der Waals surface area contributed by atoms with E-state index in [0.29, 0.717) is 22.3 Å². The van der Waals surface area contributed by atoms with Crippen molar-refractivity contribution in [1.82, 2.24) is 14.9 Å². The number of benzene rings is 1. The van der Waals surface area contributed by atoms with Crippen molar-refractivity contribution in [2.24, 2.45) is 0 Å². The molecule has 3 heterocycles. The highest BCUT2D eigenvalue weighted by Crippen LogP contribution is 2.33. The summed E-state index contributed by atoms with van der Waals surface area (Å²) in [5, 5.41) is 4.90. The molecule has 0 saturated carbocycles. The Morgan fingerprint density at radius 1 is 1.19 bits per heavy atom. The summed E-state index contributed by atoms with van der Waals surface area (Å²) in [6.07, 6.45) is 2.60. The lowest BCUT2D eigenvalue weighted by Gasteiger charge is -2.36.